The number of hydrogen-bond acceptors (Lipinski definition) is 4. The third kappa shape index (κ3) is 7.66. The molecule has 0 saturated heterocycles. The molecule has 4 nitrogen and oxygen atoms in total. The molecule has 2 rings (SSSR count). The molecule has 0 saturated carbocycles. The van der Waals surface area contributed by atoms with Gasteiger partial charge < -0.3 is 15.7 Å². The maximum atomic E-state index is 12.9. The Labute approximate surface area is 176 Å². The topological polar surface area (TPSA) is 57.2 Å². The second-order valence-electron chi connectivity index (χ2n) is 6.47. The van der Waals surface area contributed by atoms with Crippen LogP contribution in [0.4, 0.5) is 32.0 Å². The van der Waals surface area contributed by atoms with Crippen LogP contribution in [0.25, 0.3) is 11.3 Å². The van der Waals surface area contributed by atoms with Crippen molar-refractivity contribution in [3.8, 4) is 11.3 Å². The van der Waals surface area contributed by atoms with Crippen LogP contribution >= 0.6 is 12.4 Å². The fourth-order valence-electron chi connectivity index (χ4n) is 2.66. The van der Waals surface area contributed by atoms with Gasteiger partial charge in [-0.3, -0.25) is 4.98 Å². The smallest absolute Gasteiger partial charge is 0.372 e. The van der Waals surface area contributed by atoms with Gasteiger partial charge in [-0.1, -0.05) is 19.1 Å². The molecule has 3 N–H and O–H groups in total. The molecule has 2 unspecified atom stereocenters. The van der Waals surface area contributed by atoms with E-state index < -0.39 is 30.1 Å². The molecule has 0 bridgehead atoms. The molecule has 0 fully saturated rings. The summed E-state index contributed by atoms with van der Waals surface area (Å²) in [6, 6.07) is 7.59. The summed E-state index contributed by atoms with van der Waals surface area (Å²) >= 11 is 0. The predicted octanol–water partition coefficient (Wildman–Crippen LogP) is 5.10. The van der Waals surface area contributed by atoms with Gasteiger partial charge >= 0.3 is 12.4 Å². The second-order valence-corrected chi connectivity index (χ2v) is 6.47. The van der Waals surface area contributed by atoms with Crippen molar-refractivity contribution in [2.45, 2.75) is 31.9 Å². The summed E-state index contributed by atoms with van der Waals surface area (Å²) in [6.07, 6.45) is -8.72. The van der Waals surface area contributed by atoms with Crippen LogP contribution in [0.15, 0.2) is 42.6 Å². The van der Waals surface area contributed by atoms with Gasteiger partial charge in [0.1, 0.15) is 6.23 Å². The summed E-state index contributed by atoms with van der Waals surface area (Å²) < 4.78 is 76.7. The van der Waals surface area contributed by atoms with Crippen molar-refractivity contribution in [2.24, 2.45) is 5.92 Å². The van der Waals surface area contributed by atoms with Gasteiger partial charge in [-0.05, 0) is 30.7 Å². The lowest BCUT2D eigenvalue weighted by Gasteiger charge is -2.21. The summed E-state index contributed by atoms with van der Waals surface area (Å²) in [6.45, 7) is 0.957. The zero-order valence-electron chi connectivity index (χ0n) is 15.9. The molecule has 168 valence electrons. The van der Waals surface area contributed by atoms with Crippen molar-refractivity contribution in [1.82, 2.24) is 10.3 Å². The Bertz CT molecular complexity index is 800. The van der Waals surface area contributed by atoms with Crippen LogP contribution in [0, 0.1) is 5.92 Å². The first kappa shape index (κ1) is 26.0. The number of halogens is 7. The van der Waals surface area contributed by atoms with E-state index in [2.05, 4.69) is 15.6 Å². The van der Waals surface area contributed by atoms with Crippen molar-refractivity contribution in [1.29, 1.82) is 0 Å². The Balaban J connectivity index is 0.00000450. The van der Waals surface area contributed by atoms with E-state index in [9.17, 15) is 31.4 Å². The third-order valence-corrected chi connectivity index (χ3v) is 4.26. The van der Waals surface area contributed by atoms with Crippen LogP contribution in [0.5, 0.6) is 0 Å². The highest BCUT2D eigenvalue weighted by molar-refractivity contribution is 5.85. The number of aliphatic hydroxyl groups is 1. The van der Waals surface area contributed by atoms with Gasteiger partial charge in [0.25, 0.3) is 0 Å². The SMILES string of the molecule is CCC(CNCC(O)Nc1ccnc(-c2cccc(C(F)(F)F)c2)c1)C(F)(F)F.Cl. The average Bonchev–Trinajstić information content (AvgIpc) is 2.64. The van der Waals surface area contributed by atoms with E-state index in [1.807, 2.05) is 0 Å². The van der Waals surface area contributed by atoms with Crippen LogP contribution < -0.4 is 10.6 Å². The minimum absolute atomic E-state index is 0. The van der Waals surface area contributed by atoms with Gasteiger partial charge in [0, 0.05) is 30.5 Å². The number of alkyl halides is 6. The van der Waals surface area contributed by atoms with Gasteiger partial charge in [-0.25, -0.2) is 0 Å². The van der Waals surface area contributed by atoms with Gasteiger partial charge in [0.15, 0.2) is 0 Å². The Hall–Kier alpha value is -2.04. The van der Waals surface area contributed by atoms with Crippen molar-refractivity contribution in [3.05, 3.63) is 48.2 Å². The van der Waals surface area contributed by atoms with Gasteiger partial charge in [0.05, 0.1) is 17.2 Å². The molecule has 11 heteroatoms. The highest BCUT2D eigenvalue weighted by atomic mass is 35.5. The lowest BCUT2D eigenvalue weighted by atomic mass is 10.1. The first-order chi connectivity index (χ1) is 13.5. The van der Waals surface area contributed by atoms with E-state index in [0.29, 0.717) is 5.69 Å². The van der Waals surface area contributed by atoms with Gasteiger partial charge in [-0.2, -0.15) is 26.3 Å². The van der Waals surface area contributed by atoms with Crippen LogP contribution in [0.2, 0.25) is 0 Å². The molecular formula is C19H22ClF6N3O. The number of anilines is 1. The number of nitrogens with zero attached hydrogens (tertiary/aromatic N) is 1. The number of rotatable bonds is 8. The molecule has 0 aliphatic rings. The van der Waals surface area contributed by atoms with Crippen molar-refractivity contribution < 1.29 is 31.4 Å². The highest BCUT2D eigenvalue weighted by Crippen LogP contribution is 2.32. The number of hydrogen-bond donors (Lipinski definition) is 3. The summed E-state index contributed by atoms with van der Waals surface area (Å²) in [5.74, 6) is -1.51. The Kier molecular flexibility index (Phi) is 9.38. The fraction of sp³-hybridized carbons (Fsp3) is 0.421. The van der Waals surface area contributed by atoms with Crippen LogP contribution in [-0.4, -0.2) is 35.6 Å². The van der Waals surface area contributed by atoms with E-state index >= 15 is 0 Å². The standard InChI is InChI=1S/C19H21F6N3O.ClH/c1-2-13(18(20,21)22)10-26-11-17(29)28-15-6-7-27-16(9-15)12-4-3-5-14(8-12)19(23,24)25;/h3-9,13,17,26,29H,2,10-11H2,1H3,(H,27,28);1H. The minimum Gasteiger partial charge on any atom is -0.372 e. The summed E-state index contributed by atoms with van der Waals surface area (Å²) in [5.41, 5.74) is 0.0514. The average molecular weight is 458 g/mol. The number of aromatic nitrogens is 1. The minimum atomic E-state index is -4.49. The van der Waals surface area contributed by atoms with Crippen LogP contribution in [0.3, 0.4) is 0 Å². The van der Waals surface area contributed by atoms with Crippen molar-refractivity contribution in [2.75, 3.05) is 18.4 Å². The first-order valence-electron chi connectivity index (χ1n) is 8.86. The van der Waals surface area contributed by atoms with E-state index in [1.165, 1.54) is 37.4 Å². The summed E-state index contributed by atoms with van der Waals surface area (Å²) in [4.78, 5) is 4.03. The fourth-order valence-corrected chi connectivity index (χ4v) is 2.66. The normalized spacial score (nSPS) is 14.0. The van der Waals surface area contributed by atoms with Crippen LogP contribution in [0.1, 0.15) is 18.9 Å². The van der Waals surface area contributed by atoms with Crippen molar-refractivity contribution >= 4 is 18.1 Å². The Morgan fingerprint density at radius 3 is 2.33 bits per heavy atom. The molecule has 1 aromatic carbocycles. The second kappa shape index (κ2) is 10.8. The molecule has 0 aliphatic carbocycles. The molecule has 0 radical (unpaired) electrons. The lowest BCUT2D eigenvalue weighted by Crippen LogP contribution is -2.39. The maximum Gasteiger partial charge on any atom is 0.416 e. The molecule has 1 aromatic heterocycles. The van der Waals surface area contributed by atoms with Crippen molar-refractivity contribution in [3.63, 3.8) is 0 Å². The molecule has 30 heavy (non-hydrogen) atoms. The van der Waals surface area contributed by atoms with E-state index in [1.54, 1.807) is 0 Å². The summed E-state index contributed by atoms with van der Waals surface area (Å²) in [5, 5.41) is 15.2. The Morgan fingerprint density at radius 2 is 1.73 bits per heavy atom. The molecule has 0 amide bonds. The molecule has 0 spiro atoms. The lowest BCUT2D eigenvalue weighted by molar-refractivity contribution is -0.174. The number of benzene rings is 1. The quantitative estimate of drug-likeness (QED) is 0.381. The first-order valence-corrected chi connectivity index (χ1v) is 8.86. The van der Waals surface area contributed by atoms with Gasteiger partial charge in [-0.15, -0.1) is 12.4 Å². The van der Waals surface area contributed by atoms with Crippen LogP contribution in [-0.2, 0) is 6.18 Å². The Morgan fingerprint density at radius 1 is 1.03 bits per heavy atom. The monoisotopic (exact) mass is 457 g/mol. The number of aliphatic hydroxyl groups excluding tert-OH is 1. The third-order valence-electron chi connectivity index (χ3n) is 4.26. The van der Waals surface area contributed by atoms with E-state index in [4.69, 9.17) is 0 Å². The zero-order chi connectivity index (χ0) is 21.7. The number of pyridine rings is 1. The predicted molar refractivity (Wildman–Crippen MR) is 104 cm³/mol. The molecule has 2 atom stereocenters. The molecule has 2 aromatic rings. The number of nitrogens with one attached hydrogen (secondary N) is 2. The summed E-state index contributed by atoms with van der Waals surface area (Å²) in [7, 11) is 0. The molecule has 1 heterocycles. The molecule has 0 aliphatic heterocycles. The molecular weight excluding hydrogens is 436 g/mol. The van der Waals surface area contributed by atoms with E-state index in [0.717, 1.165) is 12.1 Å². The van der Waals surface area contributed by atoms with E-state index in [-0.39, 0.29) is 43.2 Å². The highest BCUT2D eigenvalue weighted by Gasteiger charge is 2.37. The zero-order valence-corrected chi connectivity index (χ0v) is 16.7. The largest absolute Gasteiger partial charge is 0.416 e. The maximum absolute atomic E-state index is 12.9. The van der Waals surface area contributed by atoms with Gasteiger partial charge in [0.2, 0.25) is 0 Å².